The zero-order valence-electron chi connectivity index (χ0n) is 6.79. The van der Waals surface area contributed by atoms with Crippen LogP contribution in [0.3, 0.4) is 0 Å². The third-order valence-corrected chi connectivity index (χ3v) is 2.50. The summed E-state index contributed by atoms with van der Waals surface area (Å²) in [5.41, 5.74) is 4.98. The van der Waals surface area contributed by atoms with Gasteiger partial charge in [-0.25, -0.2) is 4.98 Å². The summed E-state index contributed by atoms with van der Waals surface area (Å²) in [6.07, 6.45) is 0. The standard InChI is InChI=1S/C6H11N3OS/c1-6(2,10-3)4-8-5(7)9-11-4/h1-3H3,(H2,7,9). The number of ether oxygens (including phenoxy) is 1. The van der Waals surface area contributed by atoms with Gasteiger partial charge in [-0.15, -0.1) is 0 Å². The molecule has 62 valence electrons. The highest BCUT2D eigenvalue weighted by molar-refractivity contribution is 7.05. The van der Waals surface area contributed by atoms with Crippen LogP contribution in [0.2, 0.25) is 0 Å². The first-order valence-corrected chi connectivity index (χ1v) is 3.98. The van der Waals surface area contributed by atoms with Crippen LogP contribution in [0.1, 0.15) is 18.9 Å². The van der Waals surface area contributed by atoms with Crippen LogP contribution >= 0.6 is 11.5 Å². The minimum Gasteiger partial charge on any atom is -0.372 e. The summed E-state index contributed by atoms with van der Waals surface area (Å²) in [4.78, 5) is 4.01. The van der Waals surface area contributed by atoms with E-state index in [1.165, 1.54) is 11.5 Å². The minimum atomic E-state index is -0.380. The molecule has 0 amide bonds. The Hall–Kier alpha value is -0.680. The molecular formula is C6H11N3OS. The fraction of sp³-hybridized carbons (Fsp3) is 0.667. The first-order chi connectivity index (χ1) is 5.06. The molecule has 1 heterocycles. The summed E-state index contributed by atoms with van der Waals surface area (Å²) in [6.45, 7) is 3.85. The van der Waals surface area contributed by atoms with Crippen molar-refractivity contribution in [1.29, 1.82) is 0 Å². The first kappa shape index (κ1) is 8.42. The van der Waals surface area contributed by atoms with Crippen LogP contribution in [0.25, 0.3) is 0 Å². The second-order valence-corrected chi connectivity index (χ2v) is 3.42. The Morgan fingerprint density at radius 3 is 2.55 bits per heavy atom. The predicted molar refractivity (Wildman–Crippen MR) is 44.4 cm³/mol. The van der Waals surface area contributed by atoms with Gasteiger partial charge in [0.1, 0.15) is 10.6 Å². The lowest BCUT2D eigenvalue weighted by Gasteiger charge is -2.18. The van der Waals surface area contributed by atoms with Gasteiger partial charge < -0.3 is 10.5 Å². The molecule has 1 rings (SSSR count). The van der Waals surface area contributed by atoms with Crippen molar-refractivity contribution in [2.45, 2.75) is 19.4 Å². The molecule has 0 fully saturated rings. The average Bonchev–Trinajstić information content (AvgIpc) is 2.36. The number of methoxy groups -OCH3 is 1. The summed E-state index contributed by atoms with van der Waals surface area (Å²) >= 11 is 1.27. The first-order valence-electron chi connectivity index (χ1n) is 3.21. The number of anilines is 1. The summed E-state index contributed by atoms with van der Waals surface area (Å²) < 4.78 is 9.05. The Balaban J connectivity index is 2.92. The van der Waals surface area contributed by atoms with Crippen LogP contribution < -0.4 is 5.73 Å². The van der Waals surface area contributed by atoms with Gasteiger partial charge in [0.05, 0.1) is 0 Å². The zero-order chi connectivity index (χ0) is 8.48. The van der Waals surface area contributed by atoms with Gasteiger partial charge in [0, 0.05) is 7.11 Å². The topological polar surface area (TPSA) is 61.0 Å². The number of nitrogen functional groups attached to an aromatic ring is 1. The summed E-state index contributed by atoms with van der Waals surface area (Å²) in [6, 6.07) is 0. The molecule has 0 aliphatic heterocycles. The van der Waals surface area contributed by atoms with E-state index in [0.29, 0.717) is 5.95 Å². The smallest absolute Gasteiger partial charge is 0.232 e. The summed E-state index contributed by atoms with van der Waals surface area (Å²) in [7, 11) is 1.64. The number of hydrogen-bond donors (Lipinski definition) is 1. The molecule has 0 aliphatic carbocycles. The normalized spacial score (nSPS) is 11.9. The van der Waals surface area contributed by atoms with E-state index in [0.717, 1.165) is 5.01 Å². The molecule has 5 heteroatoms. The number of hydrogen-bond acceptors (Lipinski definition) is 5. The van der Waals surface area contributed by atoms with Crippen molar-refractivity contribution in [3.8, 4) is 0 Å². The van der Waals surface area contributed by atoms with Crippen molar-refractivity contribution in [2.75, 3.05) is 12.8 Å². The molecule has 0 unspecified atom stereocenters. The number of nitrogens with zero attached hydrogens (tertiary/aromatic N) is 2. The maximum Gasteiger partial charge on any atom is 0.232 e. The van der Waals surface area contributed by atoms with Gasteiger partial charge in [0.2, 0.25) is 5.95 Å². The molecule has 2 N–H and O–H groups in total. The van der Waals surface area contributed by atoms with Crippen LogP contribution in [0.4, 0.5) is 5.95 Å². The van der Waals surface area contributed by atoms with E-state index < -0.39 is 0 Å². The van der Waals surface area contributed by atoms with Gasteiger partial charge in [-0.2, -0.15) is 4.37 Å². The molecular weight excluding hydrogens is 162 g/mol. The highest BCUT2D eigenvalue weighted by atomic mass is 32.1. The van der Waals surface area contributed by atoms with Gasteiger partial charge in [-0.3, -0.25) is 0 Å². The fourth-order valence-electron chi connectivity index (χ4n) is 0.567. The van der Waals surface area contributed by atoms with Crippen molar-refractivity contribution < 1.29 is 4.74 Å². The highest BCUT2D eigenvalue weighted by Crippen LogP contribution is 2.25. The number of nitrogens with two attached hydrogens (primary N) is 1. The van der Waals surface area contributed by atoms with Crippen LogP contribution in [0.5, 0.6) is 0 Å². The van der Waals surface area contributed by atoms with Gasteiger partial charge in [0.15, 0.2) is 0 Å². The SMILES string of the molecule is COC(C)(C)c1nc(N)ns1. The monoisotopic (exact) mass is 173 g/mol. The molecule has 11 heavy (non-hydrogen) atoms. The molecule has 0 aromatic carbocycles. The Kier molecular flexibility index (Phi) is 2.10. The molecule has 0 saturated heterocycles. The van der Waals surface area contributed by atoms with Crippen LogP contribution in [0.15, 0.2) is 0 Å². The van der Waals surface area contributed by atoms with Crippen LogP contribution in [-0.4, -0.2) is 16.5 Å². The van der Waals surface area contributed by atoms with E-state index in [1.807, 2.05) is 13.8 Å². The lowest BCUT2D eigenvalue weighted by molar-refractivity contribution is 0.0191. The molecule has 0 radical (unpaired) electrons. The van der Waals surface area contributed by atoms with Crippen molar-refractivity contribution in [2.24, 2.45) is 0 Å². The third kappa shape index (κ3) is 1.66. The van der Waals surface area contributed by atoms with Crippen molar-refractivity contribution in [3.05, 3.63) is 5.01 Å². The van der Waals surface area contributed by atoms with Gasteiger partial charge >= 0.3 is 0 Å². The lowest BCUT2D eigenvalue weighted by atomic mass is 10.1. The van der Waals surface area contributed by atoms with Gasteiger partial charge in [-0.1, -0.05) is 0 Å². The summed E-state index contributed by atoms with van der Waals surface area (Å²) in [5, 5.41) is 0.803. The molecule has 4 nitrogen and oxygen atoms in total. The van der Waals surface area contributed by atoms with E-state index in [4.69, 9.17) is 10.5 Å². The quantitative estimate of drug-likeness (QED) is 0.724. The minimum absolute atomic E-state index is 0.315. The number of aromatic nitrogens is 2. The van der Waals surface area contributed by atoms with E-state index >= 15 is 0 Å². The van der Waals surface area contributed by atoms with E-state index in [2.05, 4.69) is 9.36 Å². The van der Waals surface area contributed by atoms with Crippen molar-refractivity contribution in [3.63, 3.8) is 0 Å². The molecule has 0 saturated carbocycles. The van der Waals surface area contributed by atoms with E-state index in [-0.39, 0.29) is 5.60 Å². The largest absolute Gasteiger partial charge is 0.372 e. The number of rotatable bonds is 2. The Morgan fingerprint density at radius 2 is 2.18 bits per heavy atom. The van der Waals surface area contributed by atoms with E-state index in [1.54, 1.807) is 7.11 Å². The van der Waals surface area contributed by atoms with Crippen molar-refractivity contribution in [1.82, 2.24) is 9.36 Å². The maximum absolute atomic E-state index is 5.36. The average molecular weight is 173 g/mol. The Labute approximate surface area is 69.6 Å². The lowest BCUT2D eigenvalue weighted by Crippen LogP contribution is -2.18. The summed E-state index contributed by atoms with van der Waals surface area (Å²) in [5.74, 6) is 0.315. The van der Waals surface area contributed by atoms with Crippen LogP contribution in [0, 0.1) is 0 Å². The van der Waals surface area contributed by atoms with Crippen LogP contribution in [-0.2, 0) is 10.3 Å². The molecule has 1 aromatic heterocycles. The third-order valence-electron chi connectivity index (χ3n) is 1.47. The fourth-order valence-corrected chi connectivity index (χ4v) is 1.23. The molecule has 0 spiro atoms. The van der Waals surface area contributed by atoms with Gasteiger partial charge in [-0.05, 0) is 25.4 Å². The maximum atomic E-state index is 5.36. The van der Waals surface area contributed by atoms with E-state index in [9.17, 15) is 0 Å². The van der Waals surface area contributed by atoms with Crippen molar-refractivity contribution >= 4 is 17.5 Å². The molecule has 0 aliphatic rings. The molecule has 1 aromatic rings. The molecule has 0 atom stereocenters. The zero-order valence-corrected chi connectivity index (χ0v) is 7.60. The highest BCUT2D eigenvalue weighted by Gasteiger charge is 2.23. The molecule has 0 bridgehead atoms. The van der Waals surface area contributed by atoms with Gasteiger partial charge in [0.25, 0.3) is 0 Å². The Bertz CT molecular complexity index is 246. The second-order valence-electron chi connectivity index (χ2n) is 2.67. The predicted octanol–water partition coefficient (Wildman–Crippen LogP) is 1.00. The second kappa shape index (κ2) is 2.75. The Morgan fingerprint density at radius 1 is 1.55 bits per heavy atom.